The van der Waals surface area contributed by atoms with Gasteiger partial charge in [-0.25, -0.2) is 0 Å². The van der Waals surface area contributed by atoms with Crippen LogP contribution in [0.5, 0.6) is 0 Å². The Labute approximate surface area is 112 Å². The molecule has 1 aromatic rings. The van der Waals surface area contributed by atoms with Crippen LogP contribution in [0, 0.1) is 0 Å². The molecule has 0 spiro atoms. The number of likely N-dealkylation sites (N-methyl/N-ethyl adjacent to an activating group) is 1. The third kappa shape index (κ3) is 2.93. The van der Waals surface area contributed by atoms with Gasteiger partial charge >= 0.3 is 11.8 Å². The summed E-state index contributed by atoms with van der Waals surface area (Å²) in [5.41, 5.74) is 0.751. The zero-order valence-corrected chi connectivity index (χ0v) is 11.0. The number of aliphatic hydroxyl groups excluding tert-OH is 1. The van der Waals surface area contributed by atoms with Crippen molar-refractivity contribution >= 4 is 11.8 Å². The molecule has 1 aliphatic rings. The summed E-state index contributed by atoms with van der Waals surface area (Å²) in [6.07, 6.45) is -0.758. The number of hydrogen-bond acceptors (Lipinski definition) is 3. The lowest BCUT2D eigenvalue weighted by Gasteiger charge is -2.34. The zero-order valence-electron chi connectivity index (χ0n) is 11.0. The van der Waals surface area contributed by atoms with Crippen molar-refractivity contribution in [1.82, 2.24) is 9.80 Å². The van der Waals surface area contributed by atoms with Gasteiger partial charge in [-0.1, -0.05) is 30.3 Å². The Balaban J connectivity index is 2.00. The first kappa shape index (κ1) is 13.5. The first-order valence-corrected chi connectivity index (χ1v) is 6.44. The van der Waals surface area contributed by atoms with Crippen LogP contribution in [0.2, 0.25) is 0 Å². The van der Waals surface area contributed by atoms with Gasteiger partial charge in [0, 0.05) is 19.6 Å². The molecule has 1 heterocycles. The molecule has 0 bridgehead atoms. The summed E-state index contributed by atoms with van der Waals surface area (Å²) < 4.78 is 0. The topological polar surface area (TPSA) is 60.9 Å². The fraction of sp³-hybridized carbons (Fsp3) is 0.429. The maximum atomic E-state index is 11.9. The number of amides is 2. The number of benzene rings is 1. The highest BCUT2D eigenvalue weighted by molar-refractivity contribution is 6.35. The minimum atomic E-state index is -0.758. The number of carbonyl (C=O) groups is 2. The molecule has 1 atom stereocenters. The van der Waals surface area contributed by atoms with Crippen LogP contribution in [0.15, 0.2) is 30.3 Å². The normalized spacial score (nSPS) is 17.8. The summed E-state index contributed by atoms with van der Waals surface area (Å²) in [5.74, 6) is -1.00. The minimum absolute atomic E-state index is 0.159. The Morgan fingerprint density at radius 3 is 2.32 bits per heavy atom. The highest BCUT2D eigenvalue weighted by Crippen LogP contribution is 2.15. The second kappa shape index (κ2) is 5.84. The summed E-state index contributed by atoms with van der Waals surface area (Å²) in [6.45, 7) is 3.55. The fourth-order valence-electron chi connectivity index (χ4n) is 2.18. The first-order valence-electron chi connectivity index (χ1n) is 6.44. The Kier molecular flexibility index (Phi) is 4.16. The molecule has 1 fully saturated rings. The lowest BCUT2D eigenvalue weighted by molar-refractivity contribution is -0.156. The van der Waals surface area contributed by atoms with Gasteiger partial charge in [0.15, 0.2) is 0 Å². The van der Waals surface area contributed by atoms with Crippen molar-refractivity contribution in [2.75, 3.05) is 26.2 Å². The van der Waals surface area contributed by atoms with Crippen LogP contribution in [0.3, 0.4) is 0 Å². The van der Waals surface area contributed by atoms with Crippen molar-refractivity contribution in [2.45, 2.75) is 13.0 Å². The molecule has 5 nitrogen and oxygen atoms in total. The average molecular weight is 262 g/mol. The van der Waals surface area contributed by atoms with E-state index in [4.69, 9.17) is 0 Å². The minimum Gasteiger partial charge on any atom is -0.387 e. The van der Waals surface area contributed by atoms with E-state index in [0.717, 1.165) is 5.56 Å². The quantitative estimate of drug-likeness (QED) is 0.800. The summed E-state index contributed by atoms with van der Waals surface area (Å²) in [4.78, 5) is 26.6. The molecule has 0 aromatic heterocycles. The van der Waals surface area contributed by atoms with Gasteiger partial charge < -0.3 is 14.9 Å². The van der Waals surface area contributed by atoms with Gasteiger partial charge in [0.1, 0.15) is 0 Å². The third-order valence-electron chi connectivity index (χ3n) is 3.36. The molecule has 0 radical (unpaired) electrons. The Morgan fingerprint density at radius 2 is 1.68 bits per heavy atom. The van der Waals surface area contributed by atoms with E-state index >= 15 is 0 Å². The van der Waals surface area contributed by atoms with Gasteiger partial charge in [-0.15, -0.1) is 0 Å². The van der Waals surface area contributed by atoms with Crippen molar-refractivity contribution in [3.05, 3.63) is 35.9 Å². The predicted octanol–water partition coefficient (Wildman–Crippen LogP) is 0.411. The number of rotatable bonds is 4. The molecule has 0 aliphatic carbocycles. The number of aliphatic hydroxyl groups is 1. The van der Waals surface area contributed by atoms with Gasteiger partial charge in [0.2, 0.25) is 0 Å². The van der Waals surface area contributed by atoms with Crippen LogP contribution in [0.1, 0.15) is 18.6 Å². The largest absolute Gasteiger partial charge is 0.387 e. The van der Waals surface area contributed by atoms with Crippen LogP contribution in [0.25, 0.3) is 0 Å². The molecule has 0 saturated carbocycles. The molecule has 19 heavy (non-hydrogen) atoms. The van der Waals surface area contributed by atoms with E-state index < -0.39 is 17.9 Å². The number of β-amino-alcohol motifs (C(OH)–C–C–N with tert-alkyl or cyclic N) is 1. The highest BCUT2D eigenvalue weighted by Gasteiger charge is 2.32. The second-order valence-electron chi connectivity index (χ2n) is 4.56. The van der Waals surface area contributed by atoms with E-state index in [2.05, 4.69) is 0 Å². The Hall–Kier alpha value is -1.88. The molecule has 1 N–H and O–H groups in total. The summed E-state index contributed by atoms with van der Waals surface area (Å²) in [7, 11) is 0. The first-order chi connectivity index (χ1) is 9.13. The van der Waals surface area contributed by atoms with Crippen molar-refractivity contribution < 1.29 is 14.7 Å². The van der Waals surface area contributed by atoms with Gasteiger partial charge in [-0.2, -0.15) is 0 Å². The smallest absolute Gasteiger partial charge is 0.312 e. The summed E-state index contributed by atoms with van der Waals surface area (Å²) in [5, 5.41) is 10.1. The Bertz CT molecular complexity index is 461. The molecule has 102 valence electrons. The maximum absolute atomic E-state index is 11.9. The molecule has 2 rings (SSSR count). The SMILES string of the molecule is CCN1CCN(CC(O)c2ccccc2)C(=O)C1=O. The summed E-state index contributed by atoms with van der Waals surface area (Å²) >= 11 is 0. The number of piperazine rings is 1. The van der Waals surface area contributed by atoms with E-state index in [9.17, 15) is 14.7 Å². The van der Waals surface area contributed by atoms with Gasteiger partial charge in [-0.3, -0.25) is 9.59 Å². The van der Waals surface area contributed by atoms with Crippen molar-refractivity contribution in [3.63, 3.8) is 0 Å². The van der Waals surface area contributed by atoms with Crippen molar-refractivity contribution in [3.8, 4) is 0 Å². The zero-order chi connectivity index (χ0) is 13.8. The molecule has 1 saturated heterocycles. The predicted molar refractivity (Wildman–Crippen MR) is 70.2 cm³/mol. The molecular weight excluding hydrogens is 244 g/mol. The molecular formula is C14H18N2O3. The van der Waals surface area contributed by atoms with Gasteiger partial charge in [-0.05, 0) is 12.5 Å². The third-order valence-corrected chi connectivity index (χ3v) is 3.36. The molecule has 1 unspecified atom stereocenters. The van der Waals surface area contributed by atoms with Gasteiger partial charge in [0.05, 0.1) is 12.6 Å². The molecule has 1 aliphatic heterocycles. The fourth-order valence-corrected chi connectivity index (χ4v) is 2.18. The Morgan fingerprint density at radius 1 is 1.11 bits per heavy atom. The van der Waals surface area contributed by atoms with Crippen LogP contribution in [0.4, 0.5) is 0 Å². The molecule has 2 amide bonds. The molecule has 5 heteroatoms. The van der Waals surface area contributed by atoms with Gasteiger partial charge in [0.25, 0.3) is 0 Å². The number of carbonyl (C=O) groups excluding carboxylic acids is 2. The number of nitrogens with zero attached hydrogens (tertiary/aromatic N) is 2. The van der Waals surface area contributed by atoms with E-state index in [-0.39, 0.29) is 6.54 Å². The van der Waals surface area contributed by atoms with Crippen LogP contribution in [-0.4, -0.2) is 52.9 Å². The lowest BCUT2D eigenvalue weighted by atomic mass is 10.1. The monoisotopic (exact) mass is 262 g/mol. The van der Waals surface area contributed by atoms with Crippen LogP contribution < -0.4 is 0 Å². The van der Waals surface area contributed by atoms with E-state index in [1.807, 2.05) is 25.1 Å². The summed E-state index contributed by atoms with van der Waals surface area (Å²) in [6, 6.07) is 9.14. The lowest BCUT2D eigenvalue weighted by Crippen LogP contribution is -2.54. The molecule has 1 aromatic carbocycles. The van der Waals surface area contributed by atoms with E-state index in [0.29, 0.717) is 19.6 Å². The van der Waals surface area contributed by atoms with Crippen LogP contribution in [-0.2, 0) is 9.59 Å². The maximum Gasteiger partial charge on any atom is 0.312 e. The average Bonchev–Trinajstić information content (AvgIpc) is 2.45. The number of hydrogen-bond donors (Lipinski definition) is 1. The van der Waals surface area contributed by atoms with E-state index in [1.165, 1.54) is 9.80 Å². The van der Waals surface area contributed by atoms with Crippen molar-refractivity contribution in [1.29, 1.82) is 0 Å². The standard InChI is InChI=1S/C14H18N2O3/c1-2-15-8-9-16(14(19)13(15)18)10-12(17)11-6-4-3-5-7-11/h3-7,12,17H,2,8-10H2,1H3. The highest BCUT2D eigenvalue weighted by atomic mass is 16.3. The van der Waals surface area contributed by atoms with Crippen LogP contribution >= 0.6 is 0 Å². The second-order valence-corrected chi connectivity index (χ2v) is 4.56. The van der Waals surface area contributed by atoms with Crippen molar-refractivity contribution in [2.24, 2.45) is 0 Å². The van der Waals surface area contributed by atoms with E-state index in [1.54, 1.807) is 12.1 Å².